The number of benzene rings is 1. The Morgan fingerprint density at radius 3 is 2.71 bits per heavy atom. The van der Waals surface area contributed by atoms with Crippen molar-refractivity contribution < 1.29 is 19.0 Å². The molecule has 0 heterocycles. The third-order valence-electron chi connectivity index (χ3n) is 2.56. The lowest BCUT2D eigenvalue weighted by Crippen LogP contribution is -2.32. The number of alkyl halides is 1. The van der Waals surface area contributed by atoms with E-state index in [1.54, 1.807) is 18.2 Å². The van der Waals surface area contributed by atoms with E-state index in [0.717, 1.165) is 0 Å². The zero-order valence-corrected chi connectivity index (χ0v) is 9.81. The van der Waals surface area contributed by atoms with E-state index in [2.05, 4.69) is 0 Å². The lowest BCUT2D eigenvalue weighted by molar-refractivity contribution is -0.138. The summed E-state index contributed by atoms with van der Waals surface area (Å²) in [6, 6.07) is 3.87. The molecule has 0 aliphatic heterocycles. The molecule has 0 aliphatic carbocycles. The van der Waals surface area contributed by atoms with E-state index in [0.29, 0.717) is 16.9 Å². The van der Waals surface area contributed by atoms with E-state index >= 15 is 0 Å². The van der Waals surface area contributed by atoms with Crippen molar-refractivity contribution in [2.24, 2.45) is 5.73 Å². The molecule has 0 aliphatic rings. The highest BCUT2D eigenvalue weighted by atomic mass is 19.1. The molecule has 0 saturated carbocycles. The predicted octanol–water partition coefficient (Wildman–Crippen LogP) is 1.68. The van der Waals surface area contributed by atoms with Crippen LogP contribution in [0.5, 0.6) is 5.75 Å². The Hall–Kier alpha value is -1.62. The fourth-order valence-electron chi connectivity index (χ4n) is 1.67. The largest absolute Gasteiger partial charge is 0.496 e. The number of ether oxygens (including phenoxy) is 1. The number of rotatable bonds is 5. The topological polar surface area (TPSA) is 72.5 Å². The average molecular weight is 241 g/mol. The van der Waals surface area contributed by atoms with E-state index in [9.17, 15) is 9.18 Å². The number of hydrogen-bond donors (Lipinski definition) is 2. The Morgan fingerprint density at radius 2 is 2.24 bits per heavy atom. The van der Waals surface area contributed by atoms with E-state index in [1.165, 1.54) is 14.0 Å². The minimum atomic E-state index is -1.19. The van der Waals surface area contributed by atoms with Crippen molar-refractivity contribution in [1.82, 2.24) is 0 Å². The van der Waals surface area contributed by atoms with Gasteiger partial charge < -0.3 is 15.6 Å². The molecule has 3 N–H and O–H groups in total. The highest BCUT2D eigenvalue weighted by Crippen LogP contribution is 2.29. The van der Waals surface area contributed by atoms with Crippen LogP contribution in [0.1, 0.15) is 24.2 Å². The Morgan fingerprint density at radius 1 is 1.59 bits per heavy atom. The molecule has 1 rings (SSSR count). The molecule has 0 fully saturated rings. The first-order valence-electron chi connectivity index (χ1n) is 5.25. The second-order valence-electron chi connectivity index (χ2n) is 3.79. The molecular weight excluding hydrogens is 225 g/mol. The Balaban J connectivity index is 3.13. The van der Waals surface area contributed by atoms with Crippen LogP contribution in [0.4, 0.5) is 4.39 Å². The van der Waals surface area contributed by atoms with Gasteiger partial charge in [-0.15, -0.1) is 0 Å². The van der Waals surface area contributed by atoms with E-state index in [4.69, 9.17) is 15.6 Å². The van der Waals surface area contributed by atoms with Gasteiger partial charge in [0.05, 0.1) is 7.11 Å². The fraction of sp³-hybridized carbons (Fsp3) is 0.417. The van der Waals surface area contributed by atoms with Crippen LogP contribution in [-0.2, 0) is 11.2 Å². The van der Waals surface area contributed by atoms with E-state index in [1.807, 2.05) is 0 Å². The SMILES string of the molecule is COc1cccc(C(C)F)c1CC(N)C(=O)O. The molecule has 94 valence electrons. The van der Waals surface area contributed by atoms with Crippen LogP contribution in [0.25, 0.3) is 0 Å². The van der Waals surface area contributed by atoms with Gasteiger partial charge in [0.25, 0.3) is 0 Å². The summed E-state index contributed by atoms with van der Waals surface area (Å²) in [5.41, 5.74) is 6.40. The van der Waals surface area contributed by atoms with Gasteiger partial charge in [0.2, 0.25) is 0 Å². The van der Waals surface area contributed by atoms with Crippen LogP contribution in [0.15, 0.2) is 18.2 Å². The average Bonchev–Trinajstić information content (AvgIpc) is 2.28. The summed E-state index contributed by atoms with van der Waals surface area (Å²) in [6.45, 7) is 1.39. The molecule has 2 unspecified atom stereocenters. The van der Waals surface area contributed by atoms with Crippen LogP contribution in [-0.4, -0.2) is 24.2 Å². The van der Waals surface area contributed by atoms with Gasteiger partial charge in [-0.25, -0.2) is 4.39 Å². The van der Waals surface area contributed by atoms with Gasteiger partial charge in [-0.1, -0.05) is 12.1 Å². The maximum Gasteiger partial charge on any atom is 0.320 e. The third-order valence-corrected chi connectivity index (χ3v) is 2.56. The Kier molecular flexibility index (Phi) is 4.45. The van der Waals surface area contributed by atoms with Gasteiger partial charge in [0.15, 0.2) is 0 Å². The Labute approximate surface area is 99.2 Å². The quantitative estimate of drug-likeness (QED) is 0.822. The lowest BCUT2D eigenvalue weighted by Gasteiger charge is -2.16. The number of hydrogen-bond acceptors (Lipinski definition) is 3. The fourth-order valence-corrected chi connectivity index (χ4v) is 1.67. The normalized spacial score (nSPS) is 14.1. The highest BCUT2D eigenvalue weighted by molar-refractivity contribution is 5.73. The summed E-state index contributed by atoms with van der Waals surface area (Å²) in [4.78, 5) is 10.7. The molecule has 0 amide bonds. The number of carboxylic acid groups (broad SMARTS) is 1. The molecule has 0 bridgehead atoms. The molecule has 2 atom stereocenters. The molecule has 1 aromatic carbocycles. The van der Waals surface area contributed by atoms with Crippen LogP contribution < -0.4 is 10.5 Å². The van der Waals surface area contributed by atoms with Crippen molar-refractivity contribution in [2.75, 3.05) is 7.11 Å². The number of aliphatic carboxylic acids is 1. The molecule has 5 heteroatoms. The van der Waals surface area contributed by atoms with Crippen LogP contribution in [0.3, 0.4) is 0 Å². The predicted molar refractivity (Wildman–Crippen MR) is 61.8 cm³/mol. The maximum absolute atomic E-state index is 13.4. The van der Waals surface area contributed by atoms with Crippen molar-refractivity contribution >= 4 is 5.97 Å². The summed E-state index contributed by atoms with van der Waals surface area (Å²) >= 11 is 0. The number of halogens is 1. The number of methoxy groups -OCH3 is 1. The van der Waals surface area contributed by atoms with Gasteiger partial charge in [0.1, 0.15) is 18.0 Å². The molecule has 0 aromatic heterocycles. The van der Waals surface area contributed by atoms with Crippen LogP contribution in [0, 0.1) is 0 Å². The van der Waals surface area contributed by atoms with Crippen LogP contribution >= 0.6 is 0 Å². The first kappa shape index (κ1) is 13.4. The smallest absolute Gasteiger partial charge is 0.320 e. The lowest BCUT2D eigenvalue weighted by atomic mass is 9.97. The summed E-state index contributed by atoms with van der Waals surface area (Å²) in [7, 11) is 1.46. The second kappa shape index (κ2) is 5.63. The molecule has 4 nitrogen and oxygen atoms in total. The zero-order valence-electron chi connectivity index (χ0n) is 9.81. The van der Waals surface area contributed by atoms with Gasteiger partial charge >= 0.3 is 5.97 Å². The van der Waals surface area contributed by atoms with Gasteiger partial charge in [0, 0.05) is 12.0 Å². The minimum Gasteiger partial charge on any atom is -0.496 e. The Bertz CT molecular complexity index is 407. The summed E-state index contributed by atoms with van der Waals surface area (Å²) in [6.07, 6.45) is -1.15. The third kappa shape index (κ3) is 3.17. The summed E-state index contributed by atoms with van der Waals surface area (Å²) in [5, 5.41) is 8.78. The molecule has 0 saturated heterocycles. The second-order valence-corrected chi connectivity index (χ2v) is 3.79. The first-order valence-corrected chi connectivity index (χ1v) is 5.25. The summed E-state index contributed by atoms with van der Waals surface area (Å²) in [5.74, 6) is -0.655. The van der Waals surface area contributed by atoms with Crippen molar-refractivity contribution in [3.63, 3.8) is 0 Å². The molecular formula is C12H16FNO3. The zero-order chi connectivity index (χ0) is 13.0. The van der Waals surface area contributed by atoms with Crippen molar-refractivity contribution in [3.8, 4) is 5.75 Å². The van der Waals surface area contributed by atoms with Crippen molar-refractivity contribution in [1.29, 1.82) is 0 Å². The molecule has 1 aromatic rings. The number of carboxylic acids is 1. The van der Waals surface area contributed by atoms with E-state index < -0.39 is 18.2 Å². The molecule has 0 radical (unpaired) electrons. The standard InChI is InChI=1S/C12H16FNO3/c1-7(13)8-4-3-5-11(17-2)9(8)6-10(14)12(15)16/h3-5,7,10H,6,14H2,1-2H3,(H,15,16). The van der Waals surface area contributed by atoms with Gasteiger partial charge in [-0.05, 0) is 18.6 Å². The van der Waals surface area contributed by atoms with Crippen molar-refractivity contribution in [3.05, 3.63) is 29.3 Å². The molecule has 17 heavy (non-hydrogen) atoms. The van der Waals surface area contributed by atoms with Gasteiger partial charge in [-0.3, -0.25) is 4.79 Å². The van der Waals surface area contributed by atoms with Crippen molar-refractivity contribution in [2.45, 2.75) is 25.6 Å². The van der Waals surface area contributed by atoms with Gasteiger partial charge in [-0.2, -0.15) is 0 Å². The highest BCUT2D eigenvalue weighted by Gasteiger charge is 2.20. The number of nitrogens with two attached hydrogens (primary N) is 1. The minimum absolute atomic E-state index is 0.0446. The first-order chi connectivity index (χ1) is 7.97. The maximum atomic E-state index is 13.4. The van der Waals surface area contributed by atoms with E-state index in [-0.39, 0.29) is 6.42 Å². The van der Waals surface area contributed by atoms with Crippen LogP contribution in [0.2, 0.25) is 0 Å². The monoisotopic (exact) mass is 241 g/mol. The number of carbonyl (C=O) groups is 1. The summed E-state index contributed by atoms with van der Waals surface area (Å²) < 4.78 is 18.5. The molecule has 0 spiro atoms.